The molecule has 0 unspecified atom stereocenters. The van der Waals surface area contributed by atoms with Gasteiger partial charge in [-0.1, -0.05) is 52.0 Å². The molecule has 5 heteroatoms. The van der Waals surface area contributed by atoms with Gasteiger partial charge in [0, 0.05) is 12.0 Å². The first-order valence-electron chi connectivity index (χ1n) is 8.56. The Labute approximate surface area is 153 Å². The Morgan fingerprint density at radius 1 is 0.962 bits per heavy atom. The fraction of sp³-hybridized carbons (Fsp3) is 0.333. The normalized spacial score (nSPS) is 11.2. The number of hydrogen-bond donors (Lipinski definition) is 2. The first-order chi connectivity index (χ1) is 12.1. The molecule has 2 N–H and O–H groups in total. The molecule has 0 amide bonds. The van der Waals surface area contributed by atoms with E-state index < -0.39 is 23.3 Å². The summed E-state index contributed by atoms with van der Waals surface area (Å²) < 4.78 is 5.00. The van der Waals surface area contributed by atoms with E-state index in [1.807, 2.05) is 19.1 Å². The van der Waals surface area contributed by atoms with E-state index in [0.717, 1.165) is 5.56 Å². The lowest BCUT2D eigenvalue weighted by molar-refractivity contribution is -0.134. The Morgan fingerprint density at radius 2 is 1.58 bits per heavy atom. The third-order valence-electron chi connectivity index (χ3n) is 4.05. The van der Waals surface area contributed by atoms with Gasteiger partial charge in [-0.3, -0.25) is 9.59 Å². The van der Waals surface area contributed by atoms with Crippen molar-refractivity contribution in [3.8, 4) is 17.2 Å². The molecular weight excluding hydrogens is 332 g/mol. The van der Waals surface area contributed by atoms with Crippen LogP contribution in [0, 0.1) is 0 Å². The molecule has 2 aromatic rings. The number of ketones is 1. The number of phenols is 2. The minimum absolute atomic E-state index is 0.0357. The number of hydrogen-bond acceptors (Lipinski definition) is 5. The van der Waals surface area contributed by atoms with Crippen LogP contribution in [0.25, 0.3) is 0 Å². The van der Waals surface area contributed by atoms with Gasteiger partial charge in [-0.2, -0.15) is 0 Å². The Hall–Kier alpha value is -2.82. The summed E-state index contributed by atoms with van der Waals surface area (Å²) in [5.41, 5.74) is 1.38. The van der Waals surface area contributed by atoms with Crippen molar-refractivity contribution in [2.75, 3.05) is 0 Å². The van der Waals surface area contributed by atoms with Crippen LogP contribution >= 0.6 is 0 Å². The molecule has 0 radical (unpaired) electrons. The molecule has 26 heavy (non-hydrogen) atoms. The maximum atomic E-state index is 12.6. The van der Waals surface area contributed by atoms with Gasteiger partial charge in [-0.15, -0.1) is 0 Å². The number of aromatic hydroxyl groups is 2. The predicted octanol–water partition coefficient (Wildman–Crippen LogP) is 4.33. The molecule has 0 fully saturated rings. The number of carbonyl (C=O) groups excluding carboxylic acids is 2. The Kier molecular flexibility index (Phi) is 5.70. The summed E-state index contributed by atoms with van der Waals surface area (Å²) in [5.74, 6) is -2.33. The minimum Gasteiger partial charge on any atom is -0.504 e. The van der Waals surface area contributed by atoms with E-state index in [0.29, 0.717) is 12.0 Å². The van der Waals surface area contributed by atoms with Crippen molar-refractivity contribution in [1.82, 2.24) is 0 Å². The zero-order valence-electron chi connectivity index (χ0n) is 15.5. The maximum absolute atomic E-state index is 12.6. The van der Waals surface area contributed by atoms with Crippen LogP contribution in [0.15, 0.2) is 36.4 Å². The third-order valence-corrected chi connectivity index (χ3v) is 4.05. The second kappa shape index (κ2) is 7.60. The topological polar surface area (TPSA) is 83.8 Å². The monoisotopic (exact) mass is 356 g/mol. The largest absolute Gasteiger partial charge is 0.504 e. The number of benzene rings is 2. The molecule has 5 nitrogen and oxygen atoms in total. The van der Waals surface area contributed by atoms with Gasteiger partial charge in [-0.05, 0) is 29.5 Å². The zero-order valence-corrected chi connectivity index (χ0v) is 15.5. The molecule has 0 aliphatic rings. The smallest absolute Gasteiger partial charge is 0.311 e. The molecule has 0 saturated heterocycles. The first kappa shape index (κ1) is 19.5. The van der Waals surface area contributed by atoms with Crippen LogP contribution in [-0.2, 0) is 10.2 Å². The molecule has 0 aliphatic carbocycles. The summed E-state index contributed by atoms with van der Waals surface area (Å²) in [6, 6.07) is 9.75. The fourth-order valence-electron chi connectivity index (χ4n) is 2.48. The molecule has 0 saturated carbocycles. The second-order valence-corrected chi connectivity index (χ2v) is 7.19. The fourth-order valence-corrected chi connectivity index (χ4v) is 2.48. The summed E-state index contributed by atoms with van der Waals surface area (Å²) in [7, 11) is 0. The van der Waals surface area contributed by atoms with Crippen LogP contribution in [0.4, 0.5) is 0 Å². The van der Waals surface area contributed by atoms with Crippen LogP contribution in [0.2, 0.25) is 0 Å². The highest BCUT2D eigenvalue weighted by Gasteiger charge is 2.21. The van der Waals surface area contributed by atoms with E-state index in [1.54, 1.807) is 12.1 Å². The molecule has 2 rings (SSSR count). The summed E-state index contributed by atoms with van der Waals surface area (Å²) in [5, 5.41) is 20.2. The van der Waals surface area contributed by atoms with E-state index in [2.05, 4.69) is 20.8 Å². The molecular formula is C21H24O5. The van der Waals surface area contributed by atoms with Crippen LogP contribution in [0.1, 0.15) is 62.0 Å². The predicted molar refractivity (Wildman–Crippen MR) is 98.9 cm³/mol. The molecule has 0 bridgehead atoms. The van der Waals surface area contributed by atoms with E-state index in [-0.39, 0.29) is 23.1 Å². The maximum Gasteiger partial charge on any atom is 0.311 e. The lowest BCUT2D eigenvalue weighted by atomic mass is 9.86. The van der Waals surface area contributed by atoms with Gasteiger partial charge < -0.3 is 14.9 Å². The molecule has 0 aliphatic heterocycles. The van der Waals surface area contributed by atoms with Crippen molar-refractivity contribution >= 4 is 11.8 Å². The van der Waals surface area contributed by atoms with Gasteiger partial charge in [-0.25, -0.2) is 0 Å². The van der Waals surface area contributed by atoms with Crippen LogP contribution in [0.5, 0.6) is 17.2 Å². The summed E-state index contributed by atoms with van der Waals surface area (Å²) in [6.45, 7) is 8.05. The molecule has 0 spiro atoms. The number of ether oxygens (including phenoxy) is 1. The van der Waals surface area contributed by atoms with Crippen LogP contribution in [-0.4, -0.2) is 22.0 Å². The van der Waals surface area contributed by atoms with Crippen molar-refractivity contribution in [3.05, 3.63) is 53.1 Å². The van der Waals surface area contributed by atoms with Gasteiger partial charge in [0.25, 0.3) is 0 Å². The Balaban J connectivity index is 2.29. The quantitative estimate of drug-likeness (QED) is 0.360. The average molecular weight is 356 g/mol. The van der Waals surface area contributed by atoms with Crippen molar-refractivity contribution in [2.45, 2.75) is 46.0 Å². The molecule has 138 valence electrons. The van der Waals surface area contributed by atoms with Crippen LogP contribution < -0.4 is 4.74 Å². The van der Waals surface area contributed by atoms with E-state index in [9.17, 15) is 19.8 Å². The highest BCUT2D eigenvalue weighted by atomic mass is 16.5. The molecule has 0 aromatic heterocycles. The van der Waals surface area contributed by atoms with E-state index in [1.165, 1.54) is 12.1 Å². The van der Waals surface area contributed by atoms with Crippen molar-refractivity contribution in [3.63, 3.8) is 0 Å². The minimum atomic E-state index is -0.619. The van der Waals surface area contributed by atoms with Gasteiger partial charge in [0.05, 0.1) is 5.56 Å². The standard InChI is InChI=1S/C21H24O5/c1-5-6-17(22)26-16-12-11-15(19(24)20(16)25)18(23)13-7-9-14(10-8-13)21(2,3)4/h7-12,24-25H,5-6H2,1-4H3. The highest BCUT2D eigenvalue weighted by molar-refractivity contribution is 6.11. The summed E-state index contributed by atoms with van der Waals surface area (Å²) in [6.07, 6.45) is 0.799. The third kappa shape index (κ3) is 4.23. The van der Waals surface area contributed by atoms with Gasteiger partial charge >= 0.3 is 5.97 Å². The average Bonchev–Trinajstić information content (AvgIpc) is 2.58. The molecule has 0 atom stereocenters. The summed E-state index contributed by atoms with van der Waals surface area (Å²) in [4.78, 5) is 24.2. The number of carbonyl (C=O) groups is 2. The van der Waals surface area contributed by atoms with Crippen molar-refractivity contribution < 1.29 is 24.5 Å². The SMILES string of the molecule is CCCC(=O)Oc1ccc(C(=O)c2ccc(C(C)(C)C)cc2)c(O)c1O. The van der Waals surface area contributed by atoms with Crippen LogP contribution in [0.3, 0.4) is 0 Å². The number of esters is 1. The number of rotatable bonds is 5. The number of phenolic OH excluding ortho intramolecular Hbond substituents is 2. The zero-order chi connectivity index (χ0) is 19.5. The Bertz CT molecular complexity index is 814. The van der Waals surface area contributed by atoms with Crippen molar-refractivity contribution in [1.29, 1.82) is 0 Å². The second-order valence-electron chi connectivity index (χ2n) is 7.19. The Morgan fingerprint density at radius 3 is 2.12 bits per heavy atom. The summed E-state index contributed by atoms with van der Waals surface area (Å²) >= 11 is 0. The lowest BCUT2D eigenvalue weighted by Crippen LogP contribution is -2.11. The van der Waals surface area contributed by atoms with E-state index >= 15 is 0 Å². The van der Waals surface area contributed by atoms with Gasteiger partial charge in [0.15, 0.2) is 17.3 Å². The van der Waals surface area contributed by atoms with Gasteiger partial charge in [0.2, 0.25) is 5.75 Å². The lowest BCUT2D eigenvalue weighted by Gasteiger charge is -2.19. The molecule has 2 aromatic carbocycles. The highest BCUT2D eigenvalue weighted by Crippen LogP contribution is 2.39. The van der Waals surface area contributed by atoms with Gasteiger partial charge in [0.1, 0.15) is 0 Å². The first-order valence-corrected chi connectivity index (χ1v) is 8.56. The van der Waals surface area contributed by atoms with Crippen molar-refractivity contribution in [2.24, 2.45) is 0 Å². The van der Waals surface area contributed by atoms with E-state index in [4.69, 9.17) is 4.74 Å². The molecule has 0 heterocycles.